The molecule has 1 aromatic carbocycles. The standard InChI is InChI=1S/C13H20BrNO2/c1-4-11(16)8-15-9(2)12-6-5-10(14)7-13(12)17-3/h5-7,9,11,15-16H,4,8H2,1-3H3/t9?,11-/m0/s1. The molecule has 0 fully saturated rings. The van der Waals surface area contributed by atoms with Crippen molar-refractivity contribution in [2.45, 2.75) is 32.4 Å². The summed E-state index contributed by atoms with van der Waals surface area (Å²) >= 11 is 3.42. The van der Waals surface area contributed by atoms with Gasteiger partial charge in [0.1, 0.15) is 5.75 Å². The van der Waals surface area contributed by atoms with Crippen molar-refractivity contribution in [2.24, 2.45) is 0 Å². The van der Waals surface area contributed by atoms with E-state index in [2.05, 4.69) is 28.2 Å². The van der Waals surface area contributed by atoms with Crippen LogP contribution in [0.15, 0.2) is 22.7 Å². The van der Waals surface area contributed by atoms with E-state index < -0.39 is 0 Å². The van der Waals surface area contributed by atoms with Gasteiger partial charge in [0.2, 0.25) is 0 Å². The molecule has 0 heterocycles. The number of ether oxygens (including phenoxy) is 1. The summed E-state index contributed by atoms with van der Waals surface area (Å²) in [7, 11) is 1.67. The van der Waals surface area contributed by atoms with Crippen LogP contribution < -0.4 is 10.1 Å². The zero-order valence-corrected chi connectivity index (χ0v) is 12.1. The van der Waals surface area contributed by atoms with Crippen LogP contribution in [0.1, 0.15) is 31.9 Å². The molecule has 4 heteroatoms. The van der Waals surface area contributed by atoms with E-state index in [0.717, 1.165) is 22.2 Å². The molecule has 0 aliphatic heterocycles. The van der Waals surface area contributed by atoms with Crippen LogP contribution in [0.3, 0.4) is 0 Å². The van der Waals surface area contributed by atoms with E-state index in [0.29, 0.717) is 6.54 Å². The van der Waals surface area contributed by atoms with Crippen molar-refractivity contribution < 1.29 is 9.84 Å². The first-order chi connectivity index (χ1) is 8.08. The molecule has 2 atom stereocenters. The van der Waals surface area contributed by atoms with E-state index in [1.54, 1.807) is 7.11 Å². The van der Waals surface area contributed by atoms with E-state index in [9.17, 15) is 5.11 Å². The van der Waals surface area contributed by atoms with Gasteiger partial charge in [-0.3, -0.25) is 0 Å². The Balaban J connectivity index is 2.71. The number of nitrogens with one attached hydrogen (secondary N) is 1. The van der Waals surface area contributed by atoms with E-state index in [1.165, 1.54) is 0 Å². The van der Waals surface area contributed by atoms with Crippen molar-refractivity contribution in [1.82, 2.24) is 5.32 Å². The summed E-state index contributed by atoms with van der Waals surface area (Å²) in [6, 6.07) is 6.12. The van der Waals surface area contributed by atoms with Gasteiger partial charge in [0.25, 0.3) is 0 Å². The maximum absolute atomic E-state index is 9.52. The summed E-state index contributed by atoms with van der Waals surface area (Å²) in [5, 5.41) is 12.8. The normalized spacial score (nSPS) is 14.4. The minimum Gasteiger partial charge on any atom is -0.496 e. The maximum Gasteiger partial charge on any atom is 0.124 e. The molecule has 0 aromatic heterocycles. The molecule has 0 radical (unpaired) electrons. The van der Waals surface area contributed by atoms with Crippen molar-refractivity contribution in [2.75, 3.05) is 13.7 Å². The molecule has 0 bridgehead atoms. The molecule has 2 N–H and O–H groups in total. The number of halogens is 1. The average Bonchev–Trinajstić information content (AvgIpc) is 2.35. The molecule has 1 aromatic rings. The first kappa shape index (κ1) is 14.5. The minimum absolute atomic E-state index is 0.152. The summed E-state index contributed by atoms with van der Waals surface area (Å²) in [5.74, 6) is 0.852. The summed E-state index contributed by atoms with van der Waals surface area (Å²) in [6.45, 7) is 4.63. The van der Waals surface area contributed by atoms with Crippen LogP contribution in [0, 0.1) is 0 Å². The number of methoxy groups -OCH3 is 1. The Bertz CT molecular complexity index is 357. The number of benzene rings is 1. The molecule has 0 saturated carbocycles. The van der Waals surface area contributed by atoms with Gasteiger partial charge in [-0.25, -0.2) is 0 Å². The van der Waals surface area contributed by atoms with Gasteiger partial charge in [-0.2, -0.15) is 0 Å². The Labute approximate surface area is 111 Å². The predicted octanol–water partition coefficient (Wildman–Crippen LogP) is 2.88. The number of hydrogen-bond acceptors (Lipinski definition) is 3. The third-order valence-corrected chi connectivity index (χ3v) is 3.29. The van der Waals surface area contributed by atoms with E-state index in [-0.39, 0.29) is 12.1 Å². The quantitative estimate of drug-likeness (QED) is 0.849. The topological polar surface area (TPSA) is 41.5 Å². The summed E-state index contributed by atoms with van der Waals surface area (Å²) in [5.41, 5.74) is 1.10. The highest BCUT2D eigenvalue weighted by Gasteiger charge is 2.12. The van der Waals surface area contributed by atoms with Gasteiger partial charge in [0.15, 0.2) is 0 Å². The molecule has 1 unspecified atom stereocenters. The molecule has 0 aliphatic carbocycles. The van der Waals surface area contributed by atoms with Gasteiger partial charge in [0.05, 0.1) is 13.2 Å². The van der Waals surface area contributed by atoms with Gasteiger partial charge >= 0.3 is 0 Å². The van der Waals surface area contributed by atoms with Crippen LogP contribution in [-0.2, 0) is 0 Å². The fourth-order valence-corrected chi connectivity index (χ4v) is 1.95. The lowest BCUT2D eigenvalue weighted by Crippen LogP contribution is -2.28. The van der Waals surface area contributed by atoms with Gasteiger partial charge < -0.3 is 15.2 Å². The Morgan fingerprint density at radius 3 is 2.76 bits per heavy atom. The SMILES string of the molecule is CC[C@H](O)CNC(C)c1ccc(Br)cc1OC. The number of aliphatic hydroxyl groups excluding tert-OH is 1. The molecule has 0 aliphatic rings. The van der Waals surface area contributed by atoms with Crippen LogP contribution >= 0.6 is 15.9 Å². The molecule has 0 amide bonds. The highest BCUT2D eigenvalue weighted by molar-refractivity contribution is 9.10. The van der Waals surface area contributed by atoms with Gasteiger partial charge in [-0.1, -0.05) is 28.9 Å². The van der Waals surface area contributed by atoms with E-state index >= 15 is 0 Å². The largest absolute Gasteiger partial charge is 0.496 e. The minimum atomic E-state index is -0.293. The molecule has 1 rings (SSSR count). The second-order valence-electron chi connectivity index (χ2n) is 4.08. The third kappa shape index (κ3) is 4.30. The Hall–Kier alpha value is -0.580. The monoisotopic (exact) mass is 301 g/mol. The lowest BCUT2D eigenvalue weighted by Gasteiger charge is -2.19. The Morgan fingerprint density at radius 2 is 2.18 bits per heavy atom. The molecule has 17 heavy (non-hydrogen) atoms. The molecule has 0 spiro atoms. The van der Waals surface area contributed by atoms with Crippen molar-refractivity contribution in [3.63, 3.8) is 0 Å². The smallest absolute Gasteiger partial charge is 0.124 e. The summed E-state index contributed by atoms with van der Waals surface area (Å²) in [6.07, 6.45) is 0.468. The third-order valence-electron chi connectivity index (χ3n) is 2.79. The highest BCUT2D eigenvalue weighted by atomic mass is 79.9. The summed E-state index contributed by atoms with van der Waals surface area (Å²) < 4.78 is 6.35. The highest BCUT2D eigenvalue weighted by Crippen LogP contribution is 2.28. The molecule has 96 valence electrons. The second-order valence-corrected chi connectivity index (χ2v) is 4.99. The number of aliphatic hydroxyl groups is 1. The number of hydrogen-bond donors (Lipinski definition) is 2. The predicted molar refractivity (Wildman–Crippen MR) is 73.4 cm³/mol. The first-order valence-corrected chi connectivity index (χ1v) is 6.62. The van der Waals surface area contributed by atoms with Crippen molar-refractivity contribution in [1.29, 1.82) is 0 Å². The van der Waals surface area contributed by atoms with Crippen LogP contribution in [0.5, 0.6) is 5.75 Å². The van der Waals surface area contributed by atoms with E-state index in [4.69, 9.17) is 4.74 Å². The second kappa shape index (κ2) is 6.99. The zero-order valence-electron chi connectivity index (χ0n) is 10.5. The van der Waals surface area contributed by atoms with Crippen LogP contribution in [0.25, 0.3) is 0 Å². The zero-order chi connectivity index (χ0) is 12.8. The van der Waals surface area contributed by atoms with Crippen molar-refractivity contribution >= 4 is 15.9 Å². The molecular formula is C13H20BrNO2. The lowest BCUT2D eigenvalue weighted by atomic mass is 10.1. The molecule has 0 saturated heterocycles. The first-order valence-electron chi connectivity index (χ1n) is 5.83. The molecular weight excluding hydrogens is 282 g/mol. The fourth-order valence-electron chi connectivity index (χ4n) is 1.61. The van der Waals surface area contributed by atoms with Crippen LogP contribution in [0.4, 0.5) is 0 Å². The lowest BCUT2D eigenvalue weighted by molar-refractivity contribution is 0.163. The summed E-state index contributed by atoms with van der Waals surface area (Å²) in [4.78, 5) is 0. The van der Waals surface area contributed by atoms with Crippen LogP contribution in [-0.4, -0.2) is 24.9 Å². The van der Waals surface area contributed by atoms with Crippen molar-refractivity contribution in [3.05, 3.63) is 28.2 Å². The average molecular weight is 302 g/mol. The van der Waals surface area contributed by atoms with Gasteiger partial charge in [-0.15, -0.1) is 0 Å². The van der Waals surface area contributed by atoms with Gasteiger partial charge in [0, 0.05) is 22.6 Å². The van der Waals surface area contributed by atoms with Crippen molar-refractivity contribution in [3.8, 4) is 5.75 Å². The fraction of sp³-hybridized carbons (Fsp3) is 0.538. The van der Waals surface area contributed by atoms with Gasteiger partial charge in [-0.05, 0) is 25.5 Å². The Kier molecular flexibility index (Phi) is 5.95. The Morgan fingerprint density at radius 1 is 1.47 bits per heavy atom. The van der Waals surface area contributed by atoms with Crippen LogP contribution in [0.2, 0.25) is 0 Å². The number of rotatable bonds is 6. The maximum atomic E-state index is 9.52. The molecule has 3 nitrogen and oxygen atoms in total. The van der Waals surface area contributed by atoms with E-state index in [1.807, 2.05) is 25.1 Å².